The van der Waals surface area contributed by atoms with Gasteiger partial charge in [-0.05, 0) is 38.5 Å². The van der Waals surface area contributed by atoms with E-state index < -0.39 is 9.84 Å². The lowest BCUT2D eigenvalue weighted by molar-refractivity contribution is 0.435. The molecule has 0 aliphatic heterocycles. The Morgan fingerprint density at radius 2 is 1.67 bits per heavy atom. The van der Waals surface area contributed by atoms with Gasteiger partial charge in [0, 0.05) is 5.33 Å². The molecule has 0 aromatic heterocycles. The van der Waals surface area contributed by atoms with Gasteiger partial charge in [0.25, 0.3) is 0 Å². The van der Waals surface area contributed by atoms with Gasteiger partial charge < -0.3 is 0 Å². The van der Waals surface area contributed by atoms with Crippen LogP contribution >= 0.6 is 15.9 Å². The van der Waals surface area contributed by atoms with E-state index in [1.165, 1.54) is 0 Å². The van der Waals surface area contributed by atoms with E-state index in [2.05, 4.69) is 29.8 Å². The molecule has 0 aliphatic rings. The summed E-state index contributed by atoms with van der Waals surface area (Å²) < 4.78 is 23.2. The summed E-state index contributed by atoms with van der Waals surface area (Å²) in [6.07, 6.45) is 1.88. The summed E-state index contributed by atoms with van der Waals surface area (Å²) in [7, 11) is -2.86. The van der Waals surface area contributed by atoms with E-state index in [0.717, 1.165) is 18.2 Å². The van der Waals surface area contributed by atoms with Gasteiger partial charge in [0.15, 0.2) is 9.84 Å². The van der Waals surface area contributed by atoms with Crippen molar-refractivity contribution in [1.82, 2.24) is 0 Å². The van der Waals surface area contributed by atoms with Crippen molar-refractivity contribution in [2.75, 3.05) is 11.1 Å². The maximum Gasteiger partial charge on any atom is 0.152 e. The summed E-state index contributed by atoms with van der Waals surface area (Å²) in [5.74, 6) is 1.45. The van der Waals surface area contributed by atoms with Crippen molar-refractivity contribution < 1.29 is 8.42 Å². The zero-order valence-corrected chi connectivity index (χ0v) is 12.6. The summed E-state index contributed by atoms with van der Waals surface area (Å²) in [6, 6.07) is 0. The maximum absolute atomic E-state index is 11.6. The second kappa shape index (κ2) is 6.89. The Bertz CT molecular complexity index is 258. The lowest BCUT2D eigenvalue weighted by atomic mass is 9.97. The van der Waals surface area contributed by atoms with Gasteiger partial charge in [-0.3, -0.25) is 0 Å². The van der Waals surface area contributed by atoms with Crippen LogP contribution in [0.25, 0.3) is 0 Å². The van der Waals surface area contributed by atoms with Crippen LogP contribution in [-0.2, 0) is 9.84 Å². The highest BCUT2D eigenvalue weighted by molar-refractivity contribution is 9.09. The van der Waals surface area contributed by atoms with E-state index >= 15 is 0 Å². The van der Waals surface area contributed by atoms with Crippen molar-refractivity contribution in [2.45, 2.75) is 45.8 Å². The lowest BCUT2D eigenvalue weighted by Crippen LogP contribution is -2.20. The van der Waals surface area contributed by atoms with Gasteiger partial charge in [-0.1, -0.05) is 29.8 Å². The Hall–Kier alpha value is 0.430. The quantitative estimate of drug-likeness (QED) is 0.676. The third-order valence-electron chi connectivity index (χ3n) is 2.55. The Morgan fingerprint density at radius 1 is 1.13 bits per heavy atom. The van der Waals surface area contributed by atoms with E-state index in [-0.39, 0.29) is 5.25 Å². The smallest absolute Gasteiger partial charge is 0.152 e. The molecule has 0 spiro atoms. The van der Waals surface area contributed by atoms with E-state index in [9.17, 15) is 8.42 Å². The molecule has 1 unspecified atom stereocenters. The number of sulfone groups is 1. The second-order valence-corrected chi connectivity index (χ2v) is 8.18. The van der Waals surface area contributed by atoms with Crippen molar-refractivity contribution in [3.63, 3.8) is 0 Å². The predicted octanol–water partition coefficient (Wildman–Crippen LogP) is 3.26. The fraction of sp³-hybridized carbons (Fsp3) is 1.00. The van der Waals surface area contributed by atoms with E-state index in [4.69, 9.17) is 0 Å². The van der Waals surface area contributed by atoms with Crippen LogP contribution in [0.5, 0.6) is 0 Å². The van der Waals surface area contributed by atoms with Crippen molar-refractivity contribution in [3.05, 3.63) is 0 Å². The first-order valence-electron chi connectivity index (χ1n) is 5.57. The fourth-order valence-electron chi connectivity index (χ4n) is 1.49. The average molecular weight is 299 g/mol. The summed E-state index contributed by atoms with van der Waals surface area (Å²) in [4.78, 5) is 0. The van der Waals surface area contributed by atoms with Crippen LogP contribution in [0.1, 0.15) is 40.5 Å². The number of hydrogen-bond acceptors (Lipinski definition) is 2. The SMILES string of the molecule is CC(C)CC(CBr)CCS(=O)(=O)C(C)C. The minimum absolute atomic E-state index is 0.243. The molecule has 0 aliphatic carbocycles. The molecule has 0 saturated heterocycles. The third kappa shape index (κ3) is 6.56. The molecule has 0 rings (SSSR count). The Labute approximate surface area is 103 Å². The van der Waals surface area contributed by atoms with E-state index in [0.29, 0.717) is 17.6 Å². The Morgan fingerprint density at radius 3 is 2.00 bits per heavy atom. The predicted molar refractivity (Wildman–Crippen MR) is 70.3 cm³/mol. The summed E-state index contributed by atoms with van der Waals surface area (Å²) in [5.41, 5.74) is 0. The van der Waals surface area contributed by atoms with Gasteiger partial charge in [-0.15, -0.1) is 0 Å². The molecule has 0 fully saturated rings. The van der Waals surface area contributed by atoms with Crippen LogP contribution in [0.15, 0.2) is 0 Å². The van der Waals surface area contributed by atoms with Gasteiger partial charge in [0.1, 0.15) is 0 Å². The molecular weight excluding hydrogens is 276 g/mol. The van der Waals surface area contributed by atoms with Gasteiger partial charge in [0.2, 0.25) is 0 Å². The highest BCUT2D eigenvalue weighted by Gasteiger charge is 2.19. The third-order valence-corrected chi connectivity index (χ3v) is 5.71. The van der Waals surface area contributed by atoms with Gasteiger partial charge >= 0.3 is 0 Å². The van der Waals surface area contributed by atoms with Crippen LogP contribution in [0.3, 0.4) is 0 Å². The normalized spacial score (nSPS) is 14.9. The summed E-state index contributed by atoms with van der Waals surface area (Å²) >= 11 is 3.45. The molecule has 0 radical (unpaired) electrons. The standard InChI is InChI=1S/C11H23BrO2S/c1-9(2)7-11(8-12)5-6-15(13,14)10(3)4/h9-11H,5-8H2,1-4H3. The maximum atomic E-state index is 11.6. The van der Waals surface area contributed by atoms with E-state index in [1.807, 2.05) is 0 Å². The monoisotopic (exact) mass is 298 g/mol. The molecule has 92 valence electrons. The van der Waals surface area contributed by atoms with Gasteiger partial charge in [0.05, 0.1) is 11.0 Å². The molecule has 0 aromatic rings. The zero-order valence-electron chi connectivity index (χ0n) is 10.2. The molecule has 4 heteroatoms. The van der Waals surface area contributed by atoms with Crippen molar-refractivity contribution in [2.24, 2.45) is 11.8 Å². The molecule has 0 amide bonds. The molecule has 0 N–H and O–H groups in total. The molecule has 0 heterocycles. The number of alkyl halides is 1. The first kappa shape index (κ1) is 15.4. The van der Waals surface area contributed by atoms with Crippen LogP contribution in [-0.4, -0.2) is 24.8 Å². The number of hydrogen-bond donors (Lipinski definition) is 0. The first-order valence-corrected chi connectivity index (χ1v) is 8.40. The molecule has 0 bridgehead atoms. The molecule has 1 atom stereocenters. The highest BCUT2D eigenvalue weighted by atomic mass is 79.9. The topological polar surface area (TPSA) is 34.1 Å². The second-order valence-electron chi connectivity index (χ2n) is 4.85. The largest absolute Gasteiger partial charge is 0.229 e. The van der Waals surface area contributed by atoms with Crippen molar-refractivity contribution >= 4 is 25.8 Å². The first-order chi connectivity index (χ1) is 6.79. The van der Waals surface area contributed by atoms with Crippen LogP contribution < -0.4 is 0 Å². The van der Waals surface area contributed by atoms with Crippen LogP contribution in [0.2, 0.25) is 0 Å². The van der Waals surface area contributed by atoms with Crippen LogP contribution in [0, 0.1) is 11.8 Å². The van der Waals surface area contributed by atoms with Crippen molar-refractivity contribution in [3.8, 4) is 0 Å². The van der Waals surface area contributed by atoms with Gasteiger partial charge in [-0.25, -0.2) is 8.42 Å². The average Bonchev–Trinajstić information content (AvgIpc) is 2.11. The van der Waals surface area contributed by atoms with Gasteiger partial charge in [-0.2, -0.15) is 0 Å². The number of halogens is 1. The lowest BCUT2D eigenvalue weighted by Gasteiger charge is -2.17. The zero-order chi connectivity index (χ0) is 12.1. The van der Waals surface area contributed by atoms with Crippen LogP contribution in [0.4, 0.5) is 0 Å². The fourth-order valence-corrected chi connectivity index (χ4v) is 3.21. The highest BCUT2D eigenvalue weighted by Crippen LogP contribution is 2.19. The summed E-state index contributed by atoms with van der Waals surface area (Å²) in [5, 5.41) is 0.659. The van der Waals surface area contributed by atoms with Crippen molar-refractivity contribution in [1.29, 1.82) is 0 Å². The molecular formula is C11H23BrO2S. The molecule has 2 nitrogen and oxygen atoms in total. The minimum Gasteiger partial charge on any atom is -0.229 e. The van der Waals surface area contributed by atoms with E-state index in [1.54, 1.807) is 13.8 Å². The molecule has 0 saturated carbocycles. The molecule has 0 aromatic carbocycles. The Balaban J connectivity index is 4.12. The summed E-state index contributed by atoms with van der Waals surface area (Å²) in [6.45, 7) is 7.85. The Kier molecular flexibility index (Phi) is 7.09. The number of rotatable bonds is 7. The molecule has 15 heavy (non-hydrogen) atoms. The minimum atomic E-state index is -2.86.